The SMILES string of the molecule is O=C(NC1CCc2ccc(C(=O)N3CCC4(CC3)CCN(c3ccc(C(F)(F)F)cc3)CC4)cc21)c1cc(Cl)ccc1Cl. The van der Waals surface area contributed by atoms with E-state index < -0.39 is 11.7 Å². The maximum Gasteiger partial charge on any atom is 0.416 e. The van der Waals surface area contributed by atoms with Gasteiger partial charge in [0, 0.05) is 42.5 Å². The van der Waals surface area contributed by atoms with E-state index in [1.54, 1.807) is 30.3 Å². The van der Waals surface area contributed by atoms with Crippen molar-refractivity contribution >= 4 is 40.7 Å². The number of fused-ring (bicyclic) bond motifs is 1. The predicted molar refractivity (Wildman–Crippen MR) is 162 cm³/mol. The third-order valence-electron chi connectivity index (χ3n) is 9.44. The van der Waals surface area contributed by atoms with Gasteiger partial charge in [0.05, 0.1) is 22.2 Å². The van der Waals surface area contributed by atoms with Crippen molar-refractivity contribution < 1.29 is 22.8 Å². The summed E-state index contributed by atoms with van der Waals surface area (Å²) in [5.41, 5.74) is 3.35. The first kappa shape index (κ1) is 29.8. The highest BCUT2D eigenvalue weighted by atomic mass is 35.5. The Balaban J connectivity index is 1.06. The second-order valence-corrected chi connectivity index (χ2v) is 12.8. The molecule has 1 N–H and O–H groups in total. The fraction of sp³-hybridized carbons (Fsp3) is 0.394. The topological polar surface area (TPSA) is 52.7 Å². The molecular formula is C33H32Cl2F3N3O2. The number of likely N-dealkylation sites (tertiary alicyclic amines) is 1. The van der Waals surface area contributed by atoms with Gasteiger partial charge in [0.15, 0.2) is 0 Å². The normalized spacial score (nSPS) is 19.8. The van der Waals surface area contributed by atoms with Gasteiger partial charge in [0.2, 0.25) is 0 Å². The van der Waals surface area contributed by atoms with Gasteiger partial charge in [-0.25, -0.2) is 0 Å². The quantitative estimate of drug-likeness (QED) is 0.319. The van der Waals surface area contributed by atoms with Crippen molar-refractivity contribution in [3.8, 4) is 0 Å². The molecule has 3 aromatic rings. The Morgan fingerprint density at radius 1 is 0.860 bits per heavy atom. The summed E-state index contributed by atoms with van der Waals surface area (Å²) in [4.78, 5) is 30.6. The Hall–Kier alpha value is -3.23. The number of hydrogen-bond donors (Lipinski definition) is 1. The van der Waals surface area contributed by atoms with E-state index in [4.69, 9.17) is 23.2 Å². The molecule has 226 valence electrons. The van der Waals surface area contributed by atoms with Crippen molar-refractivity contribution in [3.05, 3.63) is 98.5 Å². The van der Waals surface area contributed by atoms with Gasteiger partial charge in [0.25, 0.3) is 11.8 Å². The molecule has 0 saturated carbocycles. The zero-order chi connectivity index (χ0) is 30.4. The molecule has 1 aliphatic carbocycles. The number of nitrogens with zero attached hydrogens (tertiary/aromatic N) is 2. The molecule has 2 amide bonds. The highest BCUT2D eigenvalue weighted by Crippen LogP contribution is 2.43. The summed E-state index contributed by atoms with van der Waals surface area (Å²) < 4.78 is 38.8. The van der Waals surface area contributed by atoms with Gasteiger partial charge < -0.3 is 15.1 Å². The van der Waals surface area contributed by atoms with Gasteiger partial charge in [-0.3, -0.25) is 9.59 Å². The lowest BCUT2D eigenvalue weighted by Gasteiger charge is -2.47. The first-order chi connectivity index (χ1) is 20.5. The van der Waals surface area contributed by atoms with Crippen molar-refractivity contribution in [2.75, 3.05) is 31.1 Å². The van der Waals surface area contributed by atoms with Crippen LogP contribution in [0.25, 0.3) is 0 Å². The summed E-state index contributed by atoms with van der Waals surface area (Å²) in [6.07, 6.45) is 0.938. The maximum absolute atomic E-state index is 13.6. The van der Waals surface area contributed by atoms with E-state index in [0.717, 1.165) is 80.6 Å². The highest BCUT2D eigenvalue weighted by Gasteiger charge is 2.39. The first-order valence-corrected chi connectivity index (χ1v) is 15.4. The van der Waals surface area contributed by atoms with Gasteiger partial charge in [-0.05, 0) is 110 Å². The minimum atomic E-state index is -4.33. The minimum absolute atomic E-state index is 0.00491. The Bertz CT molecular complexity index is 1530. The second kappa shape index (κ2) is 11.7. The van der Waals surface area contributed by atoms with Crippen LogP contribution in [-0.4, -0.2) is 42.9 Å². The summed E-state index contributed by atoms with van der Waals surface area (Å²) >= 11 is 12.3. The van der Waals surface area contributed by atoms with Crippen molar-refractivity contribution in [1.29, 1.82) is 0 Å². The monoisotopic (exact) mass is 629 g/mol. The number of alkyl halides is 3. The lowest BCUT2D eigenvalue weighted by molar-refractivity contribution is -0.137. The van der Waals surface area contributed by atoms with E-state index in [0.29, 0.717) is 34.3 Å². The molecule has 0 aromatic heterocycles. The number of carbonyl (C=O) groups excluding carboxylic acids is 2. The van der Waals surface area contributed by atoms with Crippen LogP contribution in [0.15, 0.2) is 60.7 Å². The lowest BCUT2D eigenvalue weighted by atomic mass is 9.71. The molecule has 5 nitrogen and oxygen atoms in total. The van der Waals surface area contributed by atoms with Crippen molar-refractivity contribution in [2.24, 2.45) is 5.41 Å². The fourth-order valence-corrected chi connectivity index (χ4v) is 7.14. The van der Waals surface area contributed by atoms with Crippen LogP contribution >= 0.6 is 23.2 Å². The second-order valence-electron chi connectivity index (χ2n) is 11.9. The zero-order valence-electron chi connectivity index (χ0n) is 23.5. The number of hydrogen-bond acceptors (Lipinski definition) is 3. The van der Waals surface area contributed by atoms with Crippen LogP contribution in [0.2, 0.25) is 10.0 Å². The Kier molecular flexibility index (Phi) is 8.11. The number of aryl methyl sites for hydroxylation is 1. The van der Waals surface area contributed by atoms with Crippen molar-refractivity contribution in [1.82, 2.24) is 10.2 Å². The first-order valence-electron chi connectivity index (χ1n) is 14.6. The Morgan fingerprint density at radius 2 is 1.53 bits per heavy atom. The van der Waals surface area contributed by atoms with Gasteiger partial charge in [0.1, 0.15) is 0 Å². The number of amides is 2. The smallest absolute Gasteiger partial charge is 0.371 e. The van der Waals surface area contributed by atoms with Gasteiger partial charge in [-0.1, -0.05) is 29.3 Å². The molecule has 3 aliphatic rings. The number of carbonyl (C=O) groups is 2. The van der Waals surface area contributed by atoms with Gasteiger partial charge >= 0.3 is 6.18 Å². The third-order valence-corrected chi connectivity index (χ3v) is 10.0. The van der Waals surface area contributed by atoms with E-state index >= 15 is 0 Å². The molecule has 10 heteroatoms. The molecule has 2 fully saturated rings. The van der Waals surface area contributed by atoms with Crippen LogP contribution in [0.5, 0.6) is 0 Å². The Labute approximate surface area is 258 Å². The van der Waals surface area contributed by atoms with E-state index in [2.05, 4.69) is 10.2 Å². The highest BCUT2D eigenvalue weighted by molar-refractivity contribution is 6.35. The summed E-state index contributed by atoms with van der Waals surface area (Å²) in [6, 6.07) is 15.8. The summed E-state index contributed by atoms with van der Waals surface area (Å²) in [5, 5.41) is 3.83. The molecule has 6 rings (SSSR count). The van der Waals surface area contributed by atoms with E-state index in [9.17, 15) is 22.8 Å². The number of halogens is 5. The molecule has 2 saturated heterocycles. The largest absolute Gasteiger partial charge is 0.416 e. The third kappa shape index (κ3) is 6.22. The molecule has 2 heterocycles. The van der Waals surface area contributed by atoms with Crippen molar-refractivity contribution in [3.63, 3.8) is 0 Å². The molecule has 1 spiro atoms. The van der Waals surface area contributed by atoms with Crippen LogP contribution in [-0.2, 0) is 12.6 Å². The maximum atomic E-state index is 13.6. The predicted octanol–water partition coefficient (Wildman–Crippen LogP) is 7.95. The van der Waals surface area contributed by atoms with E-state index in [1.807, 2.05) is 23.1 Å². The van der Waals surface area contributed by atoms with Crippen LogP contribution in [0, 0.1) is 5.41 Å². The summed E-state index contributed by atoms with van der Waals surface area (Å²) in [7, 11) is 0. The number of rotatable bonds is 4. The standard InChI is InChI=1S/C33H32Cl2F3N3O2/c34-24-6-9-28(35)27(20-24)30(42)39-29-10-3-21-1-2-22(19-26(21)29)31(43)41-17-13-32(14-18-41)11-15-40(16-12-32)25-7-4-23(5-8-25)33(36,37)38/h1-2,4-9,19-20,29H,3,10-18H2,(H,39,42). The molecule has 1 atom stereocenters. The minimum Gasteiger partial charge on any atom is -0.371 e. The van der Waals surface area contributed by atoms with Gasteiger partial charge in [-0.2, -0.15) is 13.2 Å². The Morgan fingerprint density at radius 3 is 2.21 bits per heavy atom. The number of nitrogens with one attached hydrogen (secondary N) is 1. The zero-order valence-corrected chi connectivity index (χ0v) is 25.0. The average molecular weight is 631 g/mol. The van der Waals surface area contributed by atoms with Crippen LogP contribution < -0.4 is 10.2 Å². The fourth-order valence-electron chi connectivity index (χ4n) is 6.76. The molecule has 1 unspecified atom stereocenters. The number of anilines is 1. The lowest BCUT2D eigenvalue weighted by Crippen LogP contribution is -2.48. The van der Waals surface area contributed by atoms with Crippen molar-refractivity contribution in [2.45, 2.75) is 50.7 Å². The molecule has 43 heavy (non-hydrogen) atoms. The molecule has 0 radical (unpaired) electrons. The van der Waals surface area contributed by atoms with Crippen LogP contribution in [0.4, 0.5) is 18.9 Å². The molecule has 3 aromatic carbocycles. The van der Waals surface area contributed by atoms with Crippen LogP contribution in [0.1, 0.15) is 75.6 Å². The van der Waals surface area contributed by atoms with E-state index in [-0.39, 0.29) is 23.3 Å². The van der Waals surface area contributed by atoms with Crippen LogP contribution in [0.3, 0.4) is 0 Å². The van der Waals surface area contributed by atoms with E-state index in [1.165, 1.54) is 0 Å². The molecular weight excluding hydrogens is 598 g/mol. The average Bonchev–Trinajstić information content (AvgIpc) is 3.40. The number of piperidine rings is 2. The van der Waals surface area contributed by atoms with Gasteiger partial charge in [-0.15, -0.1) is 0 Å². The molecule has 0 bridgehead atoms. The summed E-state index contributed by atoms with van der Waals surface area (Å²) in [6.45, 7) is 2.92. The molecule has 2 aliphatic heterocycles. The summed E-state index contributed by atoms with van der Waals surface area (Å²) in [5.74, 6) is -0.303. The number of benzene rings is 3.